The zero-order valence-electron chi connectivity index (χ0n) is 24.4. The first kappa shape index (κ1) is 34.2. The molecule has 7 N–H and O–H groups in total. The molecule has 0 spiro atoms. The highest BCUT2D eigenvalue weighted by Crippen LogP contribution is 2.34. The molecule has 0 aliphatic carbocycles. The van der Waals surface area contributed by atoms with Crippen molar-refractivity contribution in [1.82, 2.24) is 0 Å². The Morgan fingerprint density at radius 3 is 2.16 bits per heavy atom. The number of hydrogen-bond acceptors (Lipinski definition) is 14. The second-order valence-corrected chi connectivity index (χ2v) is 10.7. The van der Waals surface area contributed by atoms with E-state index < -0.39 is 85.2 Å². The van der Waals surface area contributed by atoms with E-state index in [1.165, 1.54) is 18.2 Å². The summed E-state index contributed by atoms with van der Waals surface area (Å²) < 4.78 is 22.0. The second-order valence-electron chi connectivity index (χ2n) is 10.7. The van der Waals surface area contributed by atoms with Gasteiger partial charge in [0.25, 0.3) is 0 Å². The topological polar surface area (TPSA) is 225 Å². The highest BCUT2D eigenvalue weighted by Gasteiger charge is 2.51. The van der Waals surface area contributed by atoms with Crippen molar-refractivity contribution < 1.29 is 59.6 Å². The summed E-state index contributed by atoms with van der Waals surface area (Å²) in [5.74, 6) is 5.56. The van der Waals surface area contributed by atoms with Gasteiger partial charge in [-0.1, -0.05) is 11.8 Å². The lowest BCUT2D eigenvalue weighted by Gasteiger charge is -2.45. The van der Waals surface area contributed by atoms with E-state index in [9.17, 15) is 45.9 Å². The first-order chi connectivity index (χ1) is 21.4. The standard InChI is InChI=1S/C30H36N2O13/c1-31(2)18-10-7-16(8-11-18)5-3-4-6-17-9-12-19(32(40)41)20(13-17)42-29-27(39)25(37)28(22(15-34)44-29)45-30-26(38)24(36)23(35)21(14-33)43-30/h4,6-13,21-30,33-39H,14-15H2,1-2H3/b6-4+/t21?,22?,23-,24?,25?,26?,27?,28-,29-,30+/m1/s1. The van der Waals surface area contributed by atoms with E-state index in [-0.39, 0.29) is 5.75 Å². The minimum Gasteiger partial charge on any atom is -0.455 e. The van der Waals surface area contributed by atoms with Crippen LogP contribution in [0.1, 0.15) is 11.1 Å². The highest BCUT2D eigenvalue weighted by molar-refractivity contribution is 5.60. The molecule has 0 radical (unpaired) electrons. The maximum Gasteiger partial charge on any atom is 0.311 e. The molecule has 10 atom stereocenters. The van der Waals surface area contributed by atoms with Crippen LogP contribution in [0.25, 0.3) is 6.08 Å². The molecule has 2 aliphatic heterocycles. The summed E-state index contributed by atoms with van der Waals surface area (Å²) in [4.78, 5) is 13.0. The number of aliphatic hydroxyl groups excluding tert-OH is 7. The summed E-state index contributed by atoms with van der Waals surface area (Å²) >= 11 is 0. The van der Waals surface area contributed by atoms with Gasteiger partial charge in [-0.15, -0.1) is 0 Å². The van der Waals surface area contributed by atoms with Crippen molar-refractivity contribution in [2.75, 3.05) is 32.2 Å². The summed E-state index contributed by atoms with van der Waals surface area (Å²) in [7, 11) is 3.86. The van der Waals surface area contributed by atoms with E-state index in [1.807, 2.05) is 43.3 Å². The van der Waals surface area contributed by atoms with Gasteiger partial charge in [-0.25, -0.2) is 0 Å². The number of anilines is 1. The third kappa shape index (κ3) is 7.95. The molecule has 0 saturated carbocycles. The molecule has 2 heterocycles. The Bertz CT molecular complexity index is 1390. The number of aliphatic hydroxyl groups is 7. The van der Waals surface area contributed by atoms with Gasteiger partial charge in [0.1, 0.15) is 48.8 Å². The van der Waals surface area contributed by atoms with Gasteiger partial charge in [0.15, 0.2) is 6.29 Å². The number of hydrogen-bond donors (Lipinski definition) is 7. The van der Waals surface area contributed by atoms with Gasteiger partial charge in [-0.05, 0) is 54.1 Å². The monoisotopic (exact) mass is 632 g/mol. The summed E-state index contributed by atoms with van der Waals surface area (Å²) in [6, 6.07) is 11.6. The Morgan fingerprint density at radius 1 is 0.889 bits per heavy atom. The molecule has 2 aliphatic rings. The average Bonchev–Trinajstić information content (AvgIpc) is 3.03. The SMILES string of the molecule is CN(C)c1ccc(C#C/C=C/c2ccc([N+](=O)[O-])c(O[C@@H]3OC(CO)[C@@H](O[C@@H]4OC(CO)[C@@H](O)C(O)C4O)C(O)C3O)c2)cc1. The van der Waals surface area contributed by atoms with Crippen LogP contribution in [0.15, 0.2) is 48.5 Å². The van der Waals surface area contributed by atoms with Crippen LogP contribution in [0, 0.1) is 22.0 Å². The maximum atomic E-state index is 11.7. The normalized spacial score (nSPS) is 31.7. The molecule has 0 aromatic heterocycles. The molecule has 2 aromatic carbocycles. The Morgan fingerprint density at radius 2 is 1.53 bits per heavy atom. The molecular weight excluding hydrogens is 596 g/mol. The van der Waals surface area contributed by atoms with Crippen molar-refractivity contribution in [3.05, 3.63) is 69.8 Å². The molecule has 15 nitrogen and oxygen atoms in total. The number of allylic oxidation sites excluding steroid dienone is 1. The lowest BCUT2D eigenvalue weighted by molar-refractivity contribution is -0.387. The number of benzene rings is 2. The van der Waals surface area contributed by atoms with E-state index in [1.54, 1.807) is 12.2 Å². The molecule has 244 valence electrons. The van der Waals surface area contributed by atoms with E-state index in [4.69, 9.17) is 18.9 Å². The fourth-order valence-electron chi connectivity index (χ4n) is 4.76. The predicted octanol–water partition coefficient (Wildman–Crippen LogP) is -1.27. The second kappa shape index (κ2) is 15.1. The van der Waals surface area contributed by atoms with Crippen LogP contribution < -0.4 is 9.64 Å². The molecule has 45 heavy (non-hydrogen) atoms. The number of nitrogens with zero attached hydrogens (tertiary/aromatic N) is 2. The summed E-state index contributed by atoms with van der Waals surface area (Å²) in [6.45, 7) is -1.53. The van der Waals surface area contributed by atoms with Crippen LogP contribution in [-0.2, 0) is 14.2 Å². The number of nitro benzene ring substituents is 1. The van der Waals surface area contributed by atoms with Crippen LogP contribution in [0.3, 0.4) is 0 Å². The smallest absolute Gasteiger partial charge is 0.311 e. The minimum absolute atomic E-state index is 0.310. The molecule has 6 unspecified atom stereocenters. The molecule has 15 heteroatoms. The molecule has 2 aromatic rings. The number of rotatable bonds is 9. The zero-order chi connectivity index (χ0) is 32.8. The Labute approximate surface area is 258 Å². The molecular formula is C30H36N2O13. The van der Waals surface area contributed by atoms with Gasteiger partial charge < -0.3 is 59.6 Å². The average molecular weight is 633 g/mol. The van der Waals surface area contributed by atoms with Crippen LogP contribution in [0.4, 0.5) is 11.4 Å². The van der Waals surface area contributed by atoms with Crippen molar-refractivity contribution in [1.29, 1.82) is 0 Å². The number of ether oxygens (including phenoxy) is 4. The molecule has 2 fully saturated rings. The summed E-state index contributed by atoms with van der Waals surface area (Å²) in [5, 5.41) is 83.0. The van der Waals surface area contributed by atoms with Gasteiger partial charge in [-0.2, -0.15) is 0 Å². The van der Waals surface area contributed by atoms with Crippen LogP contribution >= 0.6 is 0 Å². The first-order valence-electron chi connectivity index (χ1n) is 13.9. The van der Waals surface area contributed by atoms with Gasteiger partial charge in [-0.3, -0.25) is 10.1 Å². The van der Waals surface area contributed by atoms with E-state index >= 15 is 0 Å². The predicted molar refractivity (Wildman–Crippen MR) is 157 cm³/mol. The largest absolute Gasteiger partial charge is 0.455 e. The maximum absolute atomic E-state index is 11.7. The Kier molecular flexibility index (Phi) is 11.5. The van der Waals surface area contributed by atoms with Crippen molar-refractivity contribution in [2.24, 2.45) is 0 Å². The molecule has 2 saturated heterocycles. The molecule has 4 rings (SSSR count). The summed E-state index contributed by atoms with van der Waals surface area (Å²) in [6.07, 6.45) is -13.6. The summed E-state index contributed by atoms with van der Waals surface area (Å²) in [5.41, 5.74) is 1.80. The highest BCUT2D eigenvalue weighted by atomic mass is 16.7. The van der Waals surface area contributed by atoms with Gasteiger partial charge >= 0.3 is 5.69 Å². The van der Waals surface area contributed by atoms with E-state index in [0.717, 1.165) is 11.3 Å². The van der Waals surface area contributed by atoms with Crippen molar-refractivity contribution in [3.63, 3.8) is 0 Å². The van der Waals surface area contributed by atoms with E-state index in [2.05, 4.69) is 11.8 Å². The van der Waals surface area contributed by atoms with Gasteiger partial charge in [0, 0.05) is 31.4 Å². The Hall–Kier alpha value is -3.66. The lowest BCUT2D eigenvalue weighted by Crippen LogP contribution is -2.65. The molecule has 0 bridgehead atoms. The third-order valence-corrected chi connectivity index (χ3v) is 7.34. The lowest BCUT2D eigenvalue weighted by atomic mass is 9.97. The van der Waals surface area contributed by atoms with Crippen LogP contribution in [0.2, 0.25) is 0 Å². The van der Waals surface area contributed by atoms with Crippen molar-refractivity contribution >= 4 is 17.5 Å². The fraction of sp³-hybridized carbons (Fsp3) is 0.467. The first-order valence-corrected chi connectivity index (χ1v) is 13.9. The number of nitro groups is 1. The fourth-order valence-corrected chi connectivity index (χ4v) is 4.76. The van der Waals surface area contributed by atoms with Crippen molar-refractivity contribution in [3.8, 4) is 17.6 Å². The van der Waals surface area contributed by atoms with Crippen molar-refractivity contribution in [2.45, 2.75) is 61.4 Å². The minimum atomic E-state index is -1.88. The van der Waals surface area contributed by atoms with E-state index in [0.29, 0.717) is 5.56 Å². The quantitative estimate of drug-likeness (QED) is 0.0973. The molecule has 0 amide bonds. The van der Waals surface area contributed by atoms with Gasteiger partial charge in [0.05, 0.1) is 18.1 Å². The van der Waals surface area contributed by atoms with Gasteiger partial charge in [0.2, 0.25) is 12.0 Å². The Balaban J connectivity index is 1.48. The third-order valence-electron chi connectivity index (χ3n) is 7.34. The zero-order valence-corrected chi connectivity index (χ0v) is 24.4. The van der Waals surface area contributed by atoms with Crippen LogP contribution in [0.5, 0.6) is 5.75 Å². The van der Waals surface area contributed by atoms with Crippen LogP contribution in [-0.4, -0.2) is 129 Å².